The Morgan fingerprint density at radius 1 is 1.22 bits per heavy atom. The van der Waals surface area contributed by atoms with Crippen LogP contribution in [0.2, 0.25) is 0 Å². The van der Waals surface area contributed by atoms with E-state index in [1.807, 2.05) is 49.6 Å². The largest absolute Gasteiger partial charge is 0.496 e. The van der Waals surface area contributed by atoms with E-state index in [0.29, 0.717) is 6.54 Å². The number of nitrogens with zero attached hydrogens (tertiary/aromatic N) is 3. The van der Waals surface area contributed by atoms with Crippen LogP contribution in [0.5, 0.6) is 5.75 Å². The molecule has 138 valence electrons. The smallest absolute Gasteiger partial charge is 0.231 e. The highest BCUT2D eigenvalue weighted by Gasteiger charge is 2.52. The molecule has 0 aliphatic heterocycles. The van der Waals surface area contributed by atoms with Crippen LogP contribution in [0.1, 0.15) is 24.0 Å². The van der Waals surface area contributed by atoms with E-state index in [-0.39, 0.29) is 5.91 Å². The zero-order chi connectivity index (χ0) is 18.9. The molecule has 4 rings (SSSR count). The summed E-state index contributed by atoms with van der Waals surface area (Å²) in [5.41, 5.74) is 3.31. The van der Waals surface area contributed by atoms with Crippen LogP contribution in [0.25, 0.3) is 11.3 Å². The highest BCUT2D eigenvalue weighted by Crippen LogP contribution is 2.51. The molecule has 0 saturated heterocycles. The lowest BCUT2D eigenvalue weighted by Gasteiger charge is -2.18. The maximum absolute atomic E-state index is 12.9. The van der Waals surface area contributed by atoms with Gasteiger partial charge in [0.25, 0.3) is 0 Å². The molecule has 27 heavy (non-hydrogen) atoms. The standard InChI is InChI=1S/C21H22N4O2/c1-25-14-16(13-24-25)18-8-7-15(11-22-18)12-23-20(26)21(9-10-21)17-5-3-4-6-19(17)27-2/h3-8,11,13-14H,9-10,12H2,1-2H3,(H,23,26). The van der Waals surface area contributed by atoms with Crippen LogP contribution < -0.4 is 10.1 Å². The van der Waals surface area contributed by atoms with Crippen molar-refractivity contribution in [3.8, 4) is 17.0 Å². The number of rotatable bonds is 6. The third-order valence-corrected chi connectivity index (χ3v) is 5.09. The molecule has 2 aromatic heterocycles. The highest BCUT2D eigenvalue weighted by molar-refractivity contribution is 5.92. The average molecular weight is 362 g/mol. The topological polar surface area (TPSA) is 69.0 Å². The lowest BCUT2D eigenvalue weighted by molar-refractivity contribution is -0.123. The number of pyridine rings is 1. The third kappa shape index (κ3) is 3.30. The number of aryl methyl sites for hydroxylation is 1. The molecule has 1 aliphatic rings. The number of hydrogen-bond acceptors (Lipinski definition) is 4. The molecule has 6 nitrogen and oxygen atoms in total. The maximum atomic E-state index is 12.9. The molecule has 6 heteroatoms. The number of carbonyl (C=O) groups is 1. The highest BCUT2D eigenvalue weighted by atomic mass is 16.5. The van der Waals surface area contributed by atoms with Gasteiger partial charge in [-0.05, 0) is 30.5 Å². The van der Waals surface area contributed by atoms with Gasteiger partial charge in [0.15, 0.2) is 0 Å². The van der Waals surface area contributed by atoms with Crippen LogP contribution in [-0.2, 0) is 23.8 Å². The molecule has 3 aromatic rings. The number of ether oxygens (including phenoxy) is 1. The molecule has 0 bridgehead atoms. The number of amides is 1. The fraction of sp³-hybridized carbons (Fsp3) is 0.286. The van der Waals surface area contributed by atoms with Crippen LogP contribution >= 0.6 is 0 Å². The van der Waals surface area contributed by atoms with Crippen molar-refractivity contribution < 1.29 is 9.53 Å². The van der Waals surface area contributed by atoms with E-state index in [1.165, 1.54) is 0 Å². The van der Waals surface area contributed by atoms with Gasteiger partial charge in [-0.15, -0.1) is 0 Å². The Labute approximate surface area is 158 Å². The predicted octanol–water partition coefficient (Wildman–Crippen LogP) is 2.84. The Hall–Kier alpha value is -3.15. The number of nitrogens with one attached hydrogen (secondary N) is 1. The number of carbonyl (C=O) groups excluding carboxylic acids is 1. The van der Waals surface area contributed by atoms with E-state index < -0.39 is 5.41 Å². The van der Waals surface area contributed by atoms with Crippen LogP contribution in [0, 0.1) is 0 Å². The van der Waals surface area contributed by atoms with Gasteiger partial charge in [-0.25, -0.2) is 0 Å². The molecule has 0 atom stereocenters. The minimum absolute atomic E-state index is 0.0448. The molecule has 1 amide bonds. The Bertz CT molecular complexity index is 958. The summed E-state index contributed by atoms with van der Waals surface area (Å²) < 4.78 is 7.19. The SMILES string of the molecule is COc1ccccc1C1(C(=O)NCc2ccc(-c3cnn(C)c3)nc2)CC1. The normalized spacial score (nSPS) is 14.6. The maximum Gasteiger partial charge on any atom is 0.231 e. The Morgan fingerprint density at radius 3 is 2.67 bits per heavy atom. The van der Waals surface area contributed by atoms with Crippen molar-refractivity contribution in [3.05, 3.63) is 66.1 Å². The van der Waals surface area contributed by atoms with Gasteiger partial charge in [-0.1, -0.05) is 24.3 Å². The first-order valence-corrected chi connectivity index (χ1v) is 8.98. The van der Waals surface area contributed by atoms with Gasteiger partial charge in [0.2, 0.25) is 5.91 Å². The van der Waals surface area contributed by atoms with Gasteiger partial charge in [0.05, 0.1) is 24.4 Å². The third-order valence-electron chi connectivity index (χ3n) is 5.09. The summed E-state index contributed by atoms with van der Waals surface area (Å²) in [4.78, 5) is 17.3. The Kier molecular flexibility index (Phi) is 4.39. The molecule has 1 fully saturated rings. The summed E-state index contributed by atoms with van der Waals surface area (Å²) in [6.07, 6.45) is 7.20. The van der Waals surface area contributed by atoms with Gasteiger partial charge in [-0.2, -0.15) is 5.10 Å². The first kappa shape index (κ1) is 17.3. The first-order chi connectivity index (χ1) is 13.1. The van der Waals surface area contributed by atoms with Crippen molar-refractivity contribution in [2.45, 2.75) is 24.8 Å². The summed E-state index contributed by atoms with van der Waals surface area (Å²) in [6.45, 7) is 0.454. The van der Waals surface area contributed by atoms with E-state index in [4.69, 9.17) is 4.74 Å². The van der Waals surface area contributed by atoms with Crippen molar-refractivity contribution in [3.63, 3.8) is 0 Å². The number of hydrogen-bond donors (Lipinski definition) is 1. The molecule has 0 radical (unpaired) electrons. The summed E-state index contributed by atoms with van der Waals surface area (Å²) in [6, 6.07) is 11.7. The van der Waals surface area contributed by atoms with Crippen molar-refractivity contribution in [2.24, 2.45) is 7.05 Å². The number of benzene rings is 1. The van der Waals surface area contributed by atoms with Crippen LogP contribution in [0.15, 0.2) is 55.0 Å². The van der Waals surface area contributed by atoms with Crippen LogP contribution in [0.4, 0.5) is 0 Å². The van der Waals surface area contributed by atoms with E-state index in [9.17, 15) is 4.79 Å². The average Bonchev–Trinajstić information content (AvgIpc) is 3.41. The second-order valence-electron chi connectivity index (χ2n) is 6.92. The number of methoxy groups -OCH3 is 1. The number of aromatic nitrogens is 3. The minimum Gasteiger partial charge on any atom is -0.496 e. The van der Waals surface area contributed by atoms with Crippen molar-refractivity contribution in [2.75, 3.05) is 7.11 Å². The fourth-order valence-corrected chi connectivity index (χ4v) is 3.39. The molecular weight excluding hydrogens is 340 g/mol. The lowest BCUT2D eigenvalue weighted by atomic mass is 9.94. The van der Waals surface area contributed by atoms with Gasteiger partial charge in [0, 0.05) is 37.1 Å². The molecule has 2 heterocycles. The van der Waals surface area contributed by atoms with E-state index in [2.05, 4.69) is 15.4 Å². The second-order valence-corrected chi connectivity index (χ2v) is 6.92. The molecule has 1 aliphatic carbocycles. The van der Waals surface area contributed by atoms with Gasteiger partial charge in [-0.3, -0.25) is 14.5 Å². The zero-order valence-electron chi connectivity index (χ0n) is 15.5. The van der Waals surface area contributed by atoms with Crippen molar-refractivity contribution >= 4 is 5.91 Å². The second kappa shape index (κ2) is 6.87. The fourth-order valence-electron chi connectivity index (χ4n) is 3.39. The van der Waals surface area contributed by atoms with Crippen molar-refractivity contribution in [1.82, 2.24) is 20.1 Å². The van der Waals surface area contributed by atoms with Crippen LogP contribution in [-0.4, -0.2) is 27.8 Å². The summed E-state index contributed by atoms with van der Waals surface area (Å²) in [5, 5.41) is 7.23. The minimum atomic E-state index is -0.463. The van der Waals surface area contributed by atoms with Gasteiger partial charge < -0.3 is 10.1 Å². The Balaban J connectivity index is 1.43. The molecule has 0 spiro atoms. The molecule has 1 saturated carbocycles. The van der Waals surface area contributed by atoms with Gasteiger partial charge >= 0.3 is 0 Å². The summed E-state index contributed by atoms with van der Waals surface area (Å²) in [5.74, 6) is 0.816. The molecule has 1 aromatic carbocycles. The van der Waals surface area contributed by atoms with Gasteiger partial charge in [0.1, 0.15) is 5.75 Å². The molecular formula is C21H22N4O2. The summed E-state index contributed by atoms with van der Waals surface area (Å²) >= 11 is 0. The first-order valence-electron chi connectivity index (χ1n) is 8.98. The van der Waals surface area contributed by atoms with E-state index in [0.717, 1.165) is 41.0 Å². The van der Waals surface area contributed by atoms with E-state index in [1.54, 1.807) is 24.2 Å². The number of para-hydroxylation sites is 1. The van der Waals surface area contributed by atoms with Crippen molar-refractivity contribution in [1.29, 1.82) is 0 Å². The quantitative estimate of drug-likeness (QED) is 0.732. The summed E-state index contributed by atoms with van der Waals surface area (Å²) in [7, 11) is 3.52. The Morgan fingerprint density at radius 2 is 2.04 bits per heavy atom. The zero-order valence-corrected chi connectivity index (χ0v) is 15.5. The van der Waals surface area contributed by atoms with E-state index >= 15 is 0 Å². The molecule has 1 N–H and O–H groups in total. The predicted molar refractivity (Wildman–Crippen MR) is 102 cm³/mol. The monoisotopic (exact) mass is 362 g/mol. The molecule has 0 unspecified atom stereocenters. The lowest BCUT2D eigenvalue weighted by Crippen LogP contribution is -2.34. The van der Waals surface area contributed by atoms with Crippen LogP contribution in [0.3, 0.4) is 0 Å².